The minimum atomic E-state index is 0.857. The Morgan fingerprint density at radius 2 is 0.596 bits per heavy atom. The van der Waals surface area contributed by atoms with Gasteiger partial charge in [0.1, 0.15) is 0 Å². The normalized spacial score (nSPS) is 11.6. The van der Waals surface area contributed by atoms with Crippen LogP contribution < -0.4 is 9.80 Å². The molecule has 6 aromatic rings. The zero-order valence-electron chi connectivity index (χ0n) is 26.4. The van der Waals surface area contributed by atoms with Gasteiger partial charge in [-0.25, -0.2) is 0 Å². The molecule has 6 aromatic carbocycles. The van der Waals surface area contributed by atoms with Crippen LogP contribution in [0.1, 0.15) is 28.7 Å². The second kappa shape index (κ2) is 16.3. The molecule has 0 bridgehead atoms. The summed E-state index contributed by atoms with van der Waals surface area (Å²) in [5, 5.41) is 0. The third-order valence-corrected chi connectivity index (χ3v) is 7.74. The molecule has 47 heavy (non-hydrogen) atoms. The van der Waals surface area contributed by atoms with Gasteiger partial charge in [-0.1, -0.05) is 146 Å². The van der Waals surface area contributed by atoms with Crippen molar-refractivity contribution in [3.8, 4) is 0 Å². The summed E-state index contributed by atoms with van der Waals surface area (Å²) in [4.78, 5) is 4.43. The van der Waals surface area contributed by atoms with Crippen LogP contribution in [0, 0.1) is 0 Å². The molecule has 0 N–H and O–H groups in total. The van der Waals surface area contributed by atoms with Gasteiger partial charge in [-0.15, -0.1) is 0 Å². The fourth-order valence-corrected chi connectivity index (χ4v) is 5.25. The molecule has 0 spiro atoms. The van der Waals surface area contributed by atoms with E-state index in [2.05, 4.69) is 204 Å². The first-order chi connectivity index (χ1) is 23.3. The number of benzene rings is 6. The zero-order chi connectivity index (χ0) is 31.9. The van der Waals surface area contributed by atoms with Crippen molar-refractivity contribution in [2.24, 2.45) is 0 Å². The van der Waals surface area contributed by atoms with Crippen molar-refractivity contribution < 1.29 is 0 Å². The quantitative estimate of drug-likeness (QED) is 0.137. The molecule has 0 aliphatic carbocycles. The van der Waals surface area contributed by atoms with E-state index in [0.29, 0.717) is 0 Å². The van der Waals surface area contributed by atoms with Gasteiger partial charge in [-0.2, -0.15) is 0 Å². The van der Waals surface area contributed by atoms with Crippen LogP contribution in [0.2, 0.25) is 0 Å². The van der Waals surface area contributed by atoms with Crippen LogP contribution in [-0.2, 0) is 0 Å². The van der Waals surface area contributed by atoms with Gasteiger partial charge < -0.3 is 9.80 Å². The van der Waals surface area contributed by atoms with Gasteiger partial charge in [-0.05, 0) is 89.4 Å². The summed E-state index contributed by atoms with van der Waals surface area (Å²) in [6.45, 7) is 0. The fraction of sp³-hybridized carbons (Fsp3) is 0.0222. The Hall–Kier alpha value is -6.12. The standard InChI is InChI=1S/C45H38N2/c1-6-16-38(17-7-1)34-36-46(42-22-12-4-13-23-42)44-30-26-40(27-31-44)20-10-3-11-21-41-28-32-45(33-29-41)47(43-24-14-5-15-25-43)37-35-39-18-8-2-9-19-39/h1-2,4-37H,3H2/b20-10+,21-11+,36-34+,37-35+. The molecule has 0 heterocycles. The molecule has 0 saturated heterocycles. The van der Waals surface area contributed by atoms with Crippen molar-refractivity contribution in [1.82, 2.24) is 0 Å². The number of hydrogen-bond donors (Lipinski definition) is 0. The lowest BCUT2D eigenvalue weighted by molar-refractivity contribution is 1.29. The van der Waals surface area contributed by atoms with Gasteiger partial charge in [0.25, 0.3) is 0 Å². The van der Waals surface area contributed by atoms with Crippen molar-refractivity contribution in [3.63, 3.8) is 0 Å². The number of para-hydroxylation sites is 2. The molecule has 0 radical (unpaired) electrons. The van der Waals surface area contributed by atoms with E-state index in [1.807, 2.05) is 24.3 Å². The molecule has 0 fully saturated rings. The summed E-state index contributed by atoms with van der Waals surface area (Å²) in [6, 6.07) is 59.1. The first-order valence-corrected chi connectivity index (χ1v) is 16.0. The van der Waals surface area contributed by atoms with Gasteiger partial charge in [0.15, 0.2) is 0 Å². The van der Waals surface area contributed by atoms with Gasteiger partial charge >= 0.3 is 0 Å². The number of nitrogens with zero attached hydrogens (tertiary/aromatic N) is 2. The molecule has 228 valence electrons. The maximum absolute atomic E-state index is 2.22. The summed E-state index contributed by atoms with van der Waals surface area (Å²) in [5.41, 5.74) is 9.17. The number of hydrogen-bond acceptors (Lipinski definition) is 2. The molecule has 0 atom stereocenters. The summed E-state index contributed by atoms with van der Waals surface area (Å²) >= 11 is 0. The first kappa shape index (κ1) is 30.9. The van der Waals surface area contributed by atoms with Crippen LogP contribution in [0.5, 0.6) is 0 Å². The maximum Gasteiger partial charge on any atom is 0.0455 e. The second-order valence-electron chi connectivity index (χ2n) is 11.1. The molecule has 0 aliphatic heterocycles. The Morgan fingerprint density at radius 1 is 0.298 bits per heavy atom. The largest absolute Gasteiger partial charge is 0.317 e. The highest BCUT2D eigenvalue weighted by Crippen LogP contribution is 2.28. The maximum atomic E-state index is 2.22. The molecule has 0 amide bonds. The van der Waals surface area contributed by atoms with Crippen LogP contribution in [0.4, 0.5) is 22.7 Å². The summed E-state index contributed by atoms with van der Waals surface area (Å²) < 4.78 is 0. The third kappa shape index (κ3) is 8.97. The van der Waals surface area contributed by atoms with Crippen molar-refractivity contribution in [2.45, 2.75) is 6.42 Å². The number of rotatable bonds is 12. The molecular formula is C45H38N2. The van der Waals surface area contributed by atoms with E-state index < -0.39 is 0 Å². The molecule has 0 aromatic heterocycles. The Balaban J connectivity index is 1.08. The van der Waals surface area contributed by atoms with Crippen molar-refractivity contribution >= 4 is 47.1 Å². The summed E-state index contributed by atoms with van der Waals surface area (Å²) in [6.07, 6.45) is 18.2. The van der Waals surface area contributed by atoms with E-state index in [4.69, 9.17) is 0 Å². The van der Waals surface area contributed by atoms with Crippen LogP contribution in [0.15, 0.2) is 194 Å². The lowest BCUT2D eigenvalue weighted by Crippen LogP contribution is -2.07. The minimum Gasteiger partial charge on any atom is -0.317 e. The lowest BCUT2D eigenvalue weighted by Gasteiger charge is -2.21. The Bertz CT molecular complexity index is 1760. The van der Waals surface area contributed by atoms with Crippen molar-refractivity contribution in [3.05, 3.63) is 217 Å². The zero-order valence-corrected chi connectivity index (χ0v) is 26.4. The molecule has 0 saturated carbocycles. The van der Waals surface area contributed by atoms with Crippen LogP contribution >= 0.6 is 0 Å². The third-order valence-electron chi connectivity index (χ3n) is 7.74. The highest BCUT2D eigenvalue weighted by atomic mass is 15.1. The Labute approximate surface area is 279 Å². The number of anilines is 4. The molecule has 6 rings (SSSR count). The smallest absolute Gasteiger partial charge is 0.0455 e. The van der Waals surface area contributed by atoms with E-state index in [-0.39, 0.29) is 0 Å². The topological polar surface area (TPSA) is 6.48 Å². The predicted octanol–water partition coefficient (Wildman–Crippen LogP) is 12.4. The molecule has 2 nitrogen and oxygen atoms in total. The van der Waals surface area contributed by atoms with Gasteiger partial charge in [0.2, 0.25) is 0 Å². The van der Waals surface area contributed by atoms with Gasteiger partial charge in [0, 0.05) is 35.1 Å². The lowest BCUT2D eigenvalue weighted by atomic mass is 10.1. The van der Waals surface area contributed by atoms with Crippen molar-refractivity contribution in [1.29, 1.82) is 0 Å². The van der Waals surface area contributed by atoms with E-state index in [0.717, 1.165) is 29.2 Å². The van der Waals surface area contributed by atoms with Crippen molar-refractivity contribution in [2.75, 3.05) is 9.80 Å². The minimum absolute atomic E-state index is 0.857. The molecule has 0 aliphatic rings. The number of allylic oxidation sites excluding steroid dienone is 2. The van der Waals surface area contributed by atoms with Gasteiger partial charge in [-0.3, -0.25) is 0 Å². The average Bonchev–Trinajstić information content (AvgIpc) is 3.14. The van der Waals surface area contributed by atoms with E-state index in [1.54, 1.807) is 0 Å². The Kier molecular flexibility index (Phi) is 10.7. The average molecular weight is 607 g/mol. The van der Waals surface area contributed by atoms with Crippen LogP contribution in [0.25, 0.3) is 24.3 Å². The molecule has 0 unspecified atom stereocenters. The highest BCUT2D eigenvalue weighted by molar-refractivity contribution is 5.72. The summed E-state index contributed by atoms with van der Waals surface area (Å²) in [7, 11) is 0. The van der Waals surface area contributed by atoms with E-state index in [9.17, 15) is 0 Å². The van der Waals surface area contributed by atoms with Crippen LogP contribution in [-0.4, -0.2) is 0 Å². The van der Waals surface area contributed by atoms with Crippen LogP contribution in [0.3, 0.4) is 0 Å². The second-order valence-corrected chi connectivity index (χ2v) is 11.1. The monoisotopic (exact) mass is 606 g/mol. The van der Waals surface area contributed by atoms with Gasteiger partial charge in [0.05, 0.1) is 0 Å². The SMILES string of the molecule is C(=C\c1ccc(N(/C=C/c2ccccc2)c2ccccc2)cc1)/C/C=C/c1ccc(N(/C=C/c2ccccc2)c2ccccc2)cc1. The highest BCUT2D eigenvalue weighted by Gasteiger charge is 2.07. The predicted molar refractivity (Wildman–Crippen MR) is 204 cm³/mol. The first-order valence-electron chi connectivity index (χ1n) is 16.0. The molecular weight excluding hydrogens is 569 g/mol. The molecule has 2 heteroatoms. The van der Waals surface area contributed by atoms with E-state index >= 15 is 0 Å². The van der Waals surface area contributed by atoms with E-state index in [1.165, 1.54) is 22.3 Å². The fourth-order valence-electron chi connectivity index (χ4n) is 5.25. The Morgan fingerprint density at radius 3 is 0.957 bits per heavy atom. The summed E-state index contributed by atoms with van der Waals surface area (Å²) in [5.74, 6) is 0.